The maximum Gasteiger partial charge on any atom is 0.317 e. The molecule has 1 N–H and O–H groups in total. The molecule has 110 valence electrons. The molecular weight excluding hydrogens is 256 g/mol. The first-order valence-electron chi connectivity index (χ1n) is 7.07. The van der Waals surface area contributed by atoms with Gasteiger partial charge in [0.1, 0.15) is 6.10 Å². The summed E-state index contributed by atoms with van der Waals surface area (Å²) in [7, 11) is 1.64. The van der Waals surface area contributed by atoms with Crippen molar-refractivity contribution in [2.45, 2.75) is 25.9 Å². The number of methoxy groups -OCH3 is 1. The lowest BCUT2D eigenvalue weighted by Gasteiger charge is -2.32. The van der Waals surface area contributed by atoms with Crippen molar-refractivity contribution in [3.8, 4) is 11.5 Å². The summed E-state index contributed by atoms with van der Waals surface area (Å²) in [6, 6.07) is 7.67. The number of carbonyl (C=O) groups is 1. The molecule has 5 nitrogen and oxygen atoms in total. The van der Waals surface area contributed by atoms with Crippen molar-refractivity contribution in [2.24, 2.45) is 0 Å². The van der Waals surface area contributed by atoms with Crippen LogP contribution in [0.2, 0.25) is 0 Å². The van der Waals surface area contributed by atoms with Crippen LogP contribution in [0.25, 0.3) is 0 Å². The van der Waals surface area contributed by atoms with Gasteiger partial charge in [-0.25, -0.2) is 4.79 Å². The second-order valence-corrected chi connectivity index (χ2v) is 4.79. The zero-order valence-electron chi connectivity index (χ0n) is 12.1. The number of benzene rings is 1. The Morgan fingerprint density at radius 3 is 2.55 bits per heavy atom. The Bertz CT molecular complexity index is 442. The van der Waals surface area contributed by atoms with Crippen molar-refractivity contribution >= 4 is 6.03 Å². The monoisotopic (exact) mass is 278 g/mol. The van der Waals surface area contributed by atoms with E-state index in [1.807, 2.05) is 36.1 Å². The molecule has 0 unspecified atom stereocenters. The fourth-order valence-electron chi connectivity index (χ4n) is 2.34. The van der Waals surface area contributed by atoms with Crippen LogP contribution in [-0.2, 0) is 0 Å². The number of piperidine rings is 1. The van der Waals surface area contributed by atoms with Gasteiger partial charge in [-0.1, -0.05) is 12.1 Å². The molecule has 2 amide bonds. The molecule has 0 saturated carbocycles. The molecule has 5 heteroatoms. The van der Waals surface area contributed by atoms with Gasteiger partial charge in [-0.2, -0.15) is 0 Å². The largest absolute Gasteiger partial charge is 0.493 e. The van der Waals surface area contributed by atoms with Crippen LogP contribution in [0.4, 0.5) is 4.79 Å². The molecule has 1 aliphatic rings. The fourth-order valence-corrected chi connectivity index (χ4v) is 2.34. The Kier molecular flexibility index (Phi) is 5.09. The number of ether oxygens (including phenoxy) is 2. The first-order valence-corrected chi connectivity index (χ1v) is 7.07. The molecule has 0 bridgehead atoms. The Hall–Kier alpha value is -1.91. The summed E-state index contributed by atoms with van der Waals surface area (Å²) < 4.78 is 11.3. The van der Waals surface area contributed by atoms with E-state index in [1.165, 1.54) is 0 Å². The maximum atomic E-state index is 11.7. The summed E-state index contributed by atoms with van der Waals surface area (Å²) in [5.41, 5.74) is 0. The Balaban J connectivity index is 1.87. The third kappa shape index (κ3) is 3.56. The van der Waals surface area contributed by atoms with E-state index in [0.717, 1.165) is 37.4 Å². The first-order chi connectivity index (χ1) is 9.74. The number of para-hydroxylation sites is 2. The predicted molar refractivity (Wildman–Crippen MR) is 77.3 cm³/mol. The van der Waals surface area contributed by atoms with Gasteiger partial charge in [0.05, 0.1) is 7.11 Å². The Morgan fingerprint density at radius 2 is 1.95 bits per heavy atom. The van der Waals surface area contributed by atoms with Crippen LogP contribution < -0.4 is 14.8 Å². The molecule has 1 heterocycles. The predicted octanol–water partition coefficient (Wildman–Crippen LogP) is 2.27. The van der Waals surface area contributed by atoms with E-state index in [2.05, 4.69) is 5.32 Å². The highest BCUT2D eigenvalue weighted by molar-refractivity contribution is 5.74. The van der Waals surface area contributed by atoms with E-state index in [1.54, 1.807) is 7.11 Å². The number of rotatable bonds is 4. The van der Waals surface area contributed by atoms with E-state index < -0.39 is 0 Å². The standard InChI is InChI=1S/C15H22N2O3/c1-3-16-15(18)17-10-8-12(9-11-17)20-14-7-5-4-6-13(14)19-2/h4-7,12H,3,8-11H2,1-2H3,(H,16,18). The van der Waals surface area contributed by atoms with Crippen molar-refractivity contribution in [2.75, 3.05) is 26.7 Å². The Morgan fingerprint density at radius 1 is 1.30 bits per heavy atom. The van der Waals surface area contributed by atoms with Crippen LogP contribution in [-0.4, -0.2) is 43.8 Å². The topological polar surface area (TPSA) is 50.8 Å². The fraction of sp³-hybridized carbons (Fsp3) is 0.533. The van der Waals surface area contributed by atoms with Gasteiger partial charge in [-0.05, 0) is 19.1 Å². The zero-order chi connectivity index (χ0) is 14.4. The van der Waals surface area contributed by atoms with E-state index in [0.29, 0.717) is 6.54 Å². The highest BCUT2D eigenvalue weighted by Gasteiger charge is 2.24. The number of hydrogen-bond donors (Lipinski definition) is 1. The third-order valence-corrected chi connectivity index (χ3v) is 3.42. The molecule has 0 aliphatic carbocycles. The molecular formula is C15H22N2O3. The molecule has 0 spiro atoms. The summed E-state index contributed by atoms with van der Waals surface area (Å²) >= 11 is 0. The minimum atomic E-state index is 0.0169. The van der Waals surface area contributed by atoms with Gasteiger partial charge in [-0.3, -0.25) is 0 Å². The number of hydrogen-bond acceptors (Lipinski definition) is 3. The quantitative estimate of drug-likeness (QED) is 0.919. The molecule has 0 radical (unpaired) electrons. The lowest BCUT2D eigenvalue weighted by molar-refractivity contribution is 0.108. The smallest absolute Gasteiger partial charge is 0.317 e. The van der Waals surface area contributed by atoms with Crippen LogP contribution in [0.3, 0.4) is 0 Å². The van der Waals surface area contributed by atoms with Crippen LogP contribution in [0.15, 0.2) is 24.3 Å². The molecule has 1 fully saturated rings. The molecule has 2 rings (SSSR count). The Labute approximate surface area is 119 Å². The van der Waals surface area contributed by atoms with Gasteiger partial charge in [-0.15, -0.1) is 0 Å². The summed E-state index contributed by atoms with van der Waals surface area (Å²) in [4.78, 5) is 13.6. The van der Waals surface area contributed by atoms with Crippen molar-refractivity contribution in [1.29, 1.82) is 0 Å². The normalized spacial score (nSPS) is 15.8. The highest BCUT2D eigenvalue weighted by atomic mass is 16.5. The van der Waals surface area contributed by atoms with Gasteiger partial charge in [0.2, 0.25) is 0 Å². The van der Waals surface area contributed by atoms with Crippen LogP contribution >= 0.6 is 0 Å². The van der Waals surface area contributed by atoms with Crippen LogP contribution in [0, 0.1) is 0 Å². The number of nitrogens with zero attached hydrogens (tertiary/aromatic N) is 1. The second kappa shape index (κ2) is 7.03. The van der Waals surface area contributed by atoms with Crippen molar-refractivity contribution in [3.05, 3.63) is 24.3 Å². The highest BCUT2D eigenvalue weighted by Crippen LogP contribution is 2.28. The summed E-state index contributed by atoms with van der Waals surface area (Å²) in [5.74, 6) is 1.52. The molecule has 1 aliphatic heterocycles. The average molecular weight is 278 g/mol. The number of urea groups is 1. The average Bonchev–Trinajstić information content (AvgIpc) is 2.49. The van der Waals surface area contributed by atoms with Gasteiger partial charge < -0.3 is 19.7 Å². The summed E-state index contributed by atoms with van der Waals surface area (Å²) in [6.07, 6.45) is 1.82. The van der Waals surface area contributed by atoms with E-state index >= 15 is 0 Å². The lowest BCUT2D eigenvalue weighted by Crippen LogP contribution is -2.46. The van der Waals surface area contributed by atoms with Crippen LogP contribution in [0.5, 0.6) is 11.5 Å². The maximum absolute atomic E-state index is 11.7. The number of amides is 2. The molecule has 20 heavy (non-hydrogen) atoms. The van der Waals surface area contributed by atoms with Crippen molar-refractivity contribution in [3.63, 3.8) is 0 Å². The van der Waals surface area contributed by atoms with E-state index in [4.69, 9.17) is 9.47 Å². The SMILES string of the molecule is CCNC(=O)N1CCC(Oc2ccccc2OC)CC1. The molecule has 1 aromatic carbocycles. The molecule has 1 saturated heterocycles. The second-order valence-electron chi connectivity index (χ2n) is 4.79. The molecule has 1 aromatic rings. The third-order valence-electron chi connectivity index (χ3n) is 3.42. The minimum absolute atomic E-state index is 0.0169. The number of nitrogens with one attached hydrogen (secondary N) is 1. The van der Waals surface area contributed by atoms with Crippen molar-refractivity contribution in [1.82, 2.24) is 10.2 Å². The summed E-state index contributed by atoms with van der Waals surface area (Å²) in [5, 5.41) is 2.82. The van der Waals surface area contributed by atoms with Crippen molar-refractivity contribution < 1.29 is 14.3 Å². The van der Waals surface area contributed by atoms with Gasteiger partial charge in [0, 0.05) is 32.5 Å². The number of carbonyl (C=O) groups excluding carboxylic acids is 1. The first kappa shape index (κ1) is 14.5. The van der Waals surface area contributed by atoms with Gasteiger partial charge in [0.15, 0.2) is 11.5 Å². The molecule has 0 atom stereocenters. The van der Waals surface area contributed by atoms with Crippen LogP contribution in [0.1, 0.15) is 19.8 Å². The zero-order valence-corrected chi connectivity index (χ0v) is 12.1. The van der Waals surface area contributed by atoms with Gasteiger partial charge >= 0.3 is 6.03 Å². The van der Waals surface area contributed by atoms with Gasteiger partial charge in [0.25, 0.3) is 0 Å². The van der Waals surface area contributed by atoms with E-state index in [9.17, 15) is 4.79 Å². The minimum Gasteiger partial charge on any atom is -0.493 e. The summed E-state index contributed by atoms with van der Waals surface area (Å²) in [6.45, 7) is 4.04. The number of likely N-dealkylation sites (tertiary alicyclic amines) is 1. The lowest BCUT2D eigenvalue weighted by atomic mass is 10.1. The molecule has 0 aromatic heterocycles. The van der Waals surface area contributed by atoms with E-state index in [-0.39, 0.29) is 12.1 Å².